The summed E-state index contributed by atoms with van der Waals surface area (Å²) in [6.45, 7) is 5.20. The van der Waals surface area contributed by atoms with Crippen molar-refractivity contribution in [1.82, 2.24) is 4.57 Å². The van der Waals surface area contributed by atoms with Gasteiger partial charge in [-0.25, -0.2) is 0 Å². The van der Waals surface area contributed by atoms with E-state index in [1.807, 2.05) is 0 Å². The van der Waals surface area contributed by atoms with Gasteiger partial charge >= 0.3 is 0 Å². The average Bonchev–Trinajstić information content (AvgIpc) is 2.92. The first-order chi connectivity index (χ1) is 12.1. The molecular weight excluding hydrogens is 374 g/mol. The summed E-state index contributed by atoms with van der Waals surface area (Å²) in [6, 6.07) is 19.2. The van der Waals surface area contributed by atoms with Gasteiger partial charge in [-0.15, -0.1) is 0 Å². The highest BCUT2D eigenvalue weighted by Crippen LogP contribution is 2.34. The minimum absolute atomic E-state index is 0.0714. The van der Waals surface area contributed by atoms with Gasteiger partial charge in [-0.05, 0) is 54.3 Å². The molecule has 4 aromatic rings. The lowest BCUT2D eigenvalue weighted by molar-refractivity contribution is 0.282. The second-order valence-electron chi connectivity index (χ2n) is 6.65. The molecule has 0 bridgehead atoms. The van der Waals surface area contributed by atoms with E-state index in [9.17, 15) is 5.11 Å². The molecule has 0 aliphatic rings. The van der Waals surface area contributed by atoms with E-state index in [1.165, 1.54) is 38.5 Å². The summed E-state index contributed by atoms with van der Waals surface area (Å²) in [7, 11) is 0. The highest BCUT2D eigenvalue weighted by molar-refractivity contribution is 9.10. The summed E-state index contributed by atoms with van der Waals surface area (Å²) >= 11 is 3.51. The van der Waals surface area contributed by atoms with Crippen LogP contribution in [0.5, 0.6) is 0 Å². The van der Waals surface area contributed by atoms with E-state index in [1.54, 1.807) is 0 Å². The summed E-state index contributed by atoms with van der Waals surface area (Å²) in [5, 5.41) is 12.1. The maximum absolute atomic E-state index is 9.60. The van der Waals surface area contributed by atoms with E-state index in [0.29, 0.717) is 0 Å². The van der Waals surface area contributed by atoms with Gasteiger partial charge in [0.25, 0.3) is 0 Å². The molecular formula is C22H20BrNO. The van der Waals surface area contributed by atoms with E-state index in [2.05, 4.69) is 88.9 Å². The predicted molar refractivity (Wildman–Crippen MR) is 108 cm³/mol. The van der Waals surface area contributed by atoms with Gasteiger partial charge < -0.3 is 9.67 Å². The fourth-order valence-electron chi connectivity index (χ4n) is 3.79. The van der Waals surface area contributed by atoms with E-state index in [4.69, 9.17) is 0 Å². The van der Waals surface area contributed by atoms with Crippen molar-refractivity contribution in [1.29, 1.82) is 0 Å². The first kappa shape index (κ1) is 16.4. The maximum Gasteiger partial charge on any atom is 0.0682 e. The average molecular weight is 394 g/mol. The molecule has 0 aliphatic heterocycles. The number of hydrogen-bond donors (Lipinski definition) is 1. The molecule has 0 fully saturated rings. The summed E-state index contributed by atoms with van der Waals surface area (Å²) < 4.78 is 3.51. The van der Waals surface area contributed by atoms with Crippen LogP contribution >= 0.6 is 15.9 Å². The number of hydrogen-bond acceptors (Lipinski definition) is 1. The molecule has 0 aliphatic carbocycles. The van der Waals surface area contributed by atoms with Crippen LogP contribution in [0.4, 0.5) is 0 Å². The number of halogens is 1. The molecule has 4 rings (SSSR count). The number of rotatable bonds is 3. The second kappa shape index (κ2) is 6.32. The van der Waals surface area contributed by atoms with Crippen molar-refractivity contribution < 1.29 is 5.11 Å². The van der Waals surface area contributed by atoms with Crippen LogP contribution in [0, 0.1) is 13.8 Å². The molecule has 0 amide bonds. The van der Waals surface area contributed by atoms with Crippen LogP contribution in [-0.2, 0) is 13.2 Å². The molecule has 0 saturated carbocycles. The number of benzene rings is 3. The predicted octanol–water partition coefficient (Wildman–Crippen LogP) is 5.71. The molecule has 126 valence electrons. The number of aliphatic hydroxyl groups excluding tert-OH is 1. The molecule has 0 saturated heterocycles. The highest BCUT2D eigenvalue weighted by Gasteiger charge is 2.15. The lowest BCUT2D eigenvalue weighted by Crippen LogP contribution is -2.01. The third kappa shape index (κ3) is 2.78. The number of aryl methyl sites for hydroxylation is 2. The Balaban J connectivity index is 2.04. The molecule has 25 heavy (non-hydrogen) atoms. The molecule has 1 N–H and O–H groups in total. The Morgan fingerprint density at radius 3 is 2.28 bits per heavy atom. The first-order valence-corrected chi connectivity index (χ1v) is 9.24. The van der Waals surface area contributed by atoms with E-state index in [0.717, 1.165) is 16.6 Å². The van der Waals surface area contributed by atoms with Gasteiger partial charge in [-0.3, -0.25) is 0 Å². The SMILES string of the molecule is Cc1cccc2c3cc(CO)cc(C)c3n(Cc3ccc(Br)cc3)c12. The van der Waals surface area contributed by atoms with Gasteiger partial charge in [0, 0.05) is 21.8 Å². The zero-order valence-electron chi connectivity index (χ0n) is 14.4. The normalized spacial score (nSPS) is 11.5. The number of nitrogens with zero attached hydrogens (tertiary/aromatic N) is 1. The molecule has 2 nitrogen and oxygen atoms in total. The number of para-hydroxylation sites is 1. The second-order valence-corrected chi connectivity index (χ2v) is 7.57. The minimum atomic E-state index is 0.0714. The highest BCUT2D eigenvalue weighted by atomic mass is 79.9. The zero-order chi connectivity index (χ0) is 17.6. The van der Waals surface area contributed by atoms with Crippen LogP contribution in [0.25, 0.3) is 21.8 Å². The smallest absolute Gasteiger partial charge is 0.0682 e. The first-order valence-electron chi connectivity index (χ1n) is 8.45. The maximum atomic E-state index is 9.60. The summed E-state index contributed by atoms with van der Waals surface area (Å²) in [5.41, 5.74) is 7.25. The number of aliphatic hydroxyl groups is 1. The van der Waals surface area contributed by atoms with Crippen LogP contribution < -0.4 is 0 Å². The van der Waals surface area contributed by atoms with Crippen molar-refractivity contribution >= 4 is 37.7 Å². The third-order valence-electron chi connectivity index (χ3n) is 4.86. The standard InChI is InChI=1S/C22H20BrNO/c1-14-4-3-5-19-20-11-17(13-25)10-15(2)22(20)24(21(14)19)12-16-6-8-18(23)9-7-16/h3-11,25H,12-13H2,1-2H3. The van der Waals surface area contributed by atoms with Crippen molar-refractivity contribution in [2.45, 2.75) is 27.0 Å². The van der Waals surface area contributed by atoms with Gasteiger partial charge in [0.2, 0.25) is 0 Å². The van der Waals surface area contributed by atoms with E-state index < -0.39 is 0 Å². The van der Waals surface area contributed by atoms with Gasteiger partial charge in [0.05, 0.1) is 17.6 Å². The molecule has 0 atom stereocenters. The lowest BCUT2D eigenvalue weighted by atomic mass is 10.0. The third-order valence-corrected chi connectivity index (χ3v) is 5.39. The lowest BCUT2D eigenvalue weighted by Gasteiger charge is -2.11. The van der Waals surface area contributed by atoms with E-state index in [-0.39, 0.29) is 6.61 Å². The van der Waals surface area contributed by atoms with Crippen molar-refractivity contribution in [3.8, 4) is 0 Å². The molecule has 0 unspecified atom stereocenters. The fourth-order valence-corrected chi connectivity index (χ4v) is 4.05. The molecule has 1 aromatic heterocycles. The summed E-state index contributed by atoms with van der Waals surface area (Å²) in [6.07, 6.45) is 0. The van der Waals surface area contributed by atoms with Crippen molar-refractivity contribution in [2.75, 3.05) is 0 Å². The Morgan fingerprint density at radius 1 is 0.840 bits per heavy atom. The van der Waals surface area contributed by atoms with Gasteiger partial charge in [-0.2, -0.15) is 0 Å². The van der Waals surface area contributed by atoms with Crippen molar-refractivity contribution in [3.63, 3.8) is 0 Å². The largest absolute Gasteiger partial charge is 0.392 e. The topological polar surface area (TPSA) is 25.2 Å². The Hall–Kier alpha value is -2.10. The van der Waals surface area contributed by atoms with Gasteiger partial charge in [0.15, 0.2) is 0 Å². The van der Waals surface area contributed by atoms with Crippen LogP contribution in [-0.4, -0.2) is 9.67 Å². The summed E-state index contributed by atoms with van der Waals surface area (Å²) in [5.74, 6) is 0. The fraction of sp³-hybridized carbons (Fsp3) is 0.182. The molecule has 0 radical (unpaired) electrons. The number of fused-ring (bicyclic) bond motifs is 3. The van der Waals surface area contributed by atoms with Crippen molar-refractivity contribution in [3.05, 3.63) is 81.3 Å². The van der Waals surface area contributed by atoms with Gasteiger partial charge in [0.1, 0.15) is 0 Å². The van der Waals surface area contributed by atoms with Crippen LogP contribution in [0.2, 0.25) is 0 Å². The van der Waals surface area contributed by atoms with E-state index >= 15 is 0 Å². The van der Waals surface area contributed by atoms with Gasteiger partial charge in [-0.1, -0.05) is 52.3 Å². The molecule has 0 spiro atoms. The Morgan fingerprint density at radius 2 is 1.56 bits per heavy atom. The van der Waals surface area contributed by atoms with Crippen molar-refractivity contribution in [2.24, 2.45) is 0 Å². The molecule has 3 aromatic carbocycles. The zero-order valence-corrected chi connectivity index (χ0v) is 16.0. The van der Waals surface area contributed by atoms with Crippen LogP contribution in [0.3, 0.4) is 0 Å². The molecule has 1 heterocycles. The molecule has 3 heteroatoms. The quantitative estimate of drug-likeness (QED) is 0.473. The minimum Gasteiger partial charge on any atom is -0.392 e. The number of aromatic nitrogens is 1. The Labute approximate surface area is 155 Å². The Bertz CT molecular complexity index is 1080. The van der Waals surface area contributed by atoms with Crippen LogP contribution in [0.15, 0.2) is 59.1 Å². The monoisotopic (exact) mass is 393 g/mol. The van der Waals surface area contributed by atoms with Crippen LogP contribution in [0.1, 0.15) is 22.3 Å². The summed E-state index contributed by atoms with van der Waals surface area (Å²) in [4.78, 5) is 0. The Kier molecular flexibility index (Phi) is 4.14.